The molecule has 0 saturated carbocycles. The van der Waals surface area contributed by atoms with E-state index in [1.807, 2.05) is 25.1 Å². The van der Waals surface area contributed by atoms with Gasteiger partial charge in [-0.05, 0) is 43.3 Å². The normalized spacial score (nSPS) is 9.50. The average molecular weight is 179 g/mol. The van der Waals surface area contributed by atoms with Gasteiger partial charge in [0.1, 0.15) is 0 Å². The number of aryl methyl sites for hydroxylation is 1. The van der Waals surface area contributed by atoms with Gasteiger partial charge in [0, 0.05) is 5.69 Å². The molecule has 0 atom stereocenters. The molecule has 3 N–H and O–H groups in total. The molecule has 1 rings (SSSR count). The molecule has 0 aliphatic heterocycles. The van der Waals surface area contributed by atoms with Crippen molar-refractivity contribution in [1.82, 2.24) is 0 Å². The first kappa shape index (κ1) is 9.00. The highest BCUT2D eigenvalue weighted by atomic mass is 32.1. The van der Waals surface area contributed by atoms with Crippen LogP contribution < -0.4 is 11.1 Å². The Balaban J connectivity index is 3.00. The van der Waals surface area contributed by atoms with E-state index < -0.39 is 0 Å². The van der Waals surface area contributed by atoms with Crippen LogP contribution in [0.15, 0.2) is 18.2 Å². The van der Waals surface area contributed by atoms with E-state index in [9.17, 15) is 0 Å². The summed E-state index contributed by atoms with van der Waals surface area (Å²) in [6, 6.07) is 5.83. The molecule has 0 aliphatic carbocycles. The molecule has 1 aromatic rings. The molecule has 63 valence electrons. The predicted molar refractivity (Wildman–Crippen MR) is 56.0 cm³/mol. The van der Waals surface area contributed by atoms with Gasteiger partial charge in [0.25, 0.3) is 0 Å². The summed E-state index contributed by atoms with van der Waals surface area (Å²) in [5, 5.41) is 3.13. The quantitative estimate of drug-likeness (QED) is 0.646. The Morgan fingerprint density at radius 1 is 1.58 bits per heavy atom. The Morgan fingerprint density at radius 3 is 2.83 bits per heavy atom. The van der Waals surface area contributed by atoms with Crippen LogP contribution in [-0.2, 0) is 0 Å². The van der Waals surface area contributed by atoms with Crippen molar-refractivity contribution in [2.45, 2.75) is 6.92 Å². The molecule has 0 bridgehead atoms. The standard InChI is InChI=1S/C9H11N2S/c1-6-4-3-5-8(7(6)2)11-9(10)12/h3-5H,2H2,1H3,(H3,10,11,12). The van der Waals surface area contributed by atoms with Gasteiger partial charge in [-0.1, -0.05) is 12.1 Å². The lowest BCUT2D eigenvalue weighted by Gasteiger charge is -2.08. The molecule has 0 unspecified atom stereocenters. The summed E-state index contributed by atoms with van der Waals surface area (Å²) in [5.41, 5.74) is 8.27. The Hall–Kier alpha value is -1.09. The van der Waals surface area contributed by atoms with E-state index in [1.165, 1.54) is 0 Å². The summed E-state index contributed by atoms with van der Waals surface area (Å²) < 4.78 is 0. The van der Waals surface area contributed by atoms with Crippen molar-refractivity contribution >= 4 is 23.0 Å². The fourth-order valence-corrected chi connectivity index (χ4v) is 1.06. The number of nitrogens with two attached hydrogens (primary N) is 1. The van der Waals surface area contributed by atoms with Crippen molar-refractivity contribution in [2.24, 2.45) is 5.73 Å². The minimum atomic E-state index is 0.269. The Kier molecular flexibility index (Phi) is 2.65. The van der Waals surface area contributed by atoms with E-state index >= 15 is 0 Å². The van der Waals surface area contributed by atoms with Crippen molar-refractivity contribution in [3.63, 3.8) is 0 Å². The number of hydrogen-bond donors (Lipinski definition) is 2. The second kappa shape index (κ2) is 3.54. The molecule has 1 radical (unpaired) electrons. The zero-order chi connectivity index (χ0) is 9.14. The molecule has 0 aromatic heterocycles. The first-order chi connectivity index (χ1) is 5.61. The Morgan fingerprint density at radius 2 is 2.25 bits per heavy atom. The molecule has 0 heterocycles. The number of rotatable bonds is 1. The second-order valence-electron chi connectivity index (χ2n) is 2.59. The molecule has 3 heteroatoms. The molecule has 0 spiro atoms. The predicted octanol–water partition coefficient (Wildman–Crippen LogP) is 1.83. The maximum Gasteiger partial charge on any atom is 0.168 e. The summed E-state index contributed by atoms with van der Waals surface area (Å²) in [4.78, 5) is 0. The van der Waals surface area contributed by atoms with Gasteiger partial charge in [0.2, 0.25) is 0 Å². The molecule has 2 nitrogen and oxygen atoms in total. The van der Waals surface area contributed by atoms with Crippen LogP contribution in [0, 0.1) is 13.8 Å². The highest BCUT2D eigenvalue weighted by Gasteiger charge is 1.99. The Labute approximate surface area is 77.8 Å². The van der Waals surface area contributed by atoms with Crippen LogP contribution in [0.4, 0.5) is 5.69 Å². The van der Waals surface area contributed by atoms with E-state index in [0.29, 0.717) is 0 Å². The fourth-order valence-electron chi connectivity index (χ4n) is 0.952. The van der Waals surface area contributed by atoms with Crippen molar-refractivity contribution < 1.29 is 0 Å². The van der Waals surface area contributed by atoms with Crippen molar-refractivity contribution in [3.8, 4) is 0 Å². The maximum atomic E-state index is 5.34. The second-order valence-corrected chi connectivity index (χ2v) is 3.03. The molecule has 0 aliphatic rings. The van der Waals surface area contributed by atoms with Crippen molar-refractivity contribution in [3.05, 3.63) is 36.2 Å². The third kappa shape index (κ3) is 1.95. The van der Waals surface area contributed by atoms with Crippen LogP contribution in [-0.4, -0.2) is 5.11 Å². The van der Waals surface area contributed by atoms with E-state index in [-0.39, 0.29) is 5.11 Å². The van der Waals surface area contributed by atoms with Gasteiger partial charge >= 0.3 is 0 Å². The summed E-state index contributed by atoms with van der Waals surface area (Å²) >= 11 is 4.72. The third-order valence-electron chi connectivity index (χ3n) is 1.67. The topological polar surface area (TPSA) is 38.0 Å². The monoisotopic (exact) mass is 179 g/mol. The van der Waals surface area contributed by atoms with Gasteiger partial charge in [0.05, 0.1) is 0 Å². The molecule has 12 heavy (non-hydrogen) atoms. The van der Waals surface area contributed by atoms with Gasteiger partial charge in [-0.25, -0.2) is 0 Å². The van der Waals surface area contributed by atoms with Crippen LogP contribution in [0.25, 0.3) is 0 Å². The van der Waals surface area contributed by atoms with Gasteiger partial charge in [0.15, 0.2) is 5.11 Å². The molecule has 0 amide bonds. The third-order valence-corrected chi connectivity index (χ3v) is 1.77. The van der Waals surface area contributed by atoms with Crippen LogP contribution in [0.3, 0.4) is 0 Å². The first-order valence-corrected chi connectivity index (χ1v) is 4.00. The minimum Gasteiger partial charge on any atom is -0.376 e. The molecular weight excluding hydrogens is 168 g/mol. The van der Waals surface area contributed by atoms with Crippen LogP contribution in [0.1, 0.15) is 11.1 Å². The lowest BCUT2D eigenvalue weighted by atomic mass is 10.1. The van der Waals surface area contributed by atoms with Crippen molar-refractivity contribution in [1.29, 1.82) is 0 Å². The van der Waals surface area contributed by atoms with Crippen LogP contribution in [0.5, 0.6) is 0 Å². The van der Waals surface area contributed by atoms with E-state index in [0.717, 1.165) is 16.8 Å². The van der Waals surface area contributed by atoms with Gasteiger partial charge in [-0.2, -0.15) is 0 Å². The van der Waals surface area contributed by atoms with E-state index in [1.54, 1.807) is 0 Å². The zero-order valence-corrected chi connectivity index (χ0v) is 7.74. The first-order valence-electron chi connectivity index (χ1n) is 3.59. The van der Waals surface area contributed by atoms with Crippen LogP contribution in [0.2, 0.25) is 0 Å². The summed E-state index contributed by atoms with van der Waals surface area (Å²) in [7, 11) is 0. The average Bonchev–Trinajstić information content (AvgIpc) is 1.98. The van der Waals surface area contributed by atoms with Crippen LogP contribution >= 0.6 is 12.2 Å². The highest BCUT2D eigenvalue weighted by Crippen LogP contribution is 2.17. The zero-order valence-electron chi connectivity index (χ0n) is 6.92. The maximum absolute atomic E-state index is 5.34. The summed E-state index contributed by atoms with van der Waals surface area (Å²) in [6.45, 7) is 5.89. The van der Waals surface area contributed by atoms with Gasteiger partial charge in [-0.15, -0.1) is 0 Å². The lowest BCUT2D eigenvalue weighted by Crippen LogP contribution is -2.19. The smallest absolute Gasteiger partial charge is 0.168 e. The fraction of sp³-hybridized carbons (Fsp3) is 0.111. The molecule has 0 fully saturated rings. The SMILES string of the molecule is [CH2]c1c(C)cccc1NC(N)=S. The summed E-state index contributed by atoms with van der Waals surface area (Å²) in [6.07, 6.45) is 0. The number of hydrogen-bond acceptors (Lipinski definition) is 1. The number of anilines is 1. The highest BCUT2D eigenvalue weighted by molar-refractivity contribution is 7.80. The lowest BCUT2D eigenvalue weighted by molar-refractivity contribution is 1.41. The molecule has 0 saturated heterocycles. The molecule has 1 aromatic carbocycles. The van der Waals surface area contributed by atoms with Gasteiger partial charge < -0.3 is 11.1 Å². The summed E-state index contributed by atoms with van der Waals surface area (Å²) in [5.74, 6) is 0. The number of thiocarbonyl (C=S) groups is 1. The molecular formula is C9H11N2S. The number of nitrogens with one attached hydrogen (secondary N) is 1. The minimum absolute atomic E-state index is 0.269. The largest absolute Gasteiger partial charge is 0.376 e. The van der Waals surface area contributed by atoms with Crippen molar-refractivity contribution in [2.75, 3.05) is 5.32 Å². The Bertz CT molecular complexity index is 307. The van der Waals surface area contributed by atoms with E-state index in [4.69, 9.17) is 18.0 Å². The van der Waals surface area contributed by atoms with E-state index in [2.05, 4.69) is 12.2 Å². The number of benzene rings is 1. The van der Waals surface area contributed by atoms with Gasteiger partial charge in [-0.3, -0.25) is 0 Å².